The van der Waals surface area contributed by atoms with Gasteiger partial charge in [0.2, 0.25) is 0 Å². The smallest absolute Gasteiger partial charge is 0.186 e. The molecule has 19 heavy (non-hydrogen) atoms. The zero-order valence-corrected chi connectivity index (χ0v) is 12.5. The molecule has 1 aromatic rings. The molecule has 4 nitrogen and oxygen atoms in total. The number of benzene rings is 1. The van der Waals surface area contributed by atoms with Crippen LogP contribution in [0.25, 0.3) is 0 Å². The maximum atomic E-state index is 9.67. The minimum absolute atomic E-state index is 0.335. The Hall–Kier alpha value is -1.62. The van der Waals surface area contributed by atoms with Gasteiger partial charge in [-0.1, -0.05) is 13.3 Å². The Morgan fingerprint density at radius 1 is 1.37 bits per heavy atom. The second-order valence-electron chi connectivity index (χ2n) is 4.48. The summed E-state index contributed by atoms with van der Waals surface area (Å²) in [6.45, 7) is 6.72. The quantitative estimate of drug-likeness (QED) is 0.336. The van der Waals surface area contributed by atoms with E-state index in [9.17, 15) is 5.11 Å². The van der Waals surface area contributed by atoms with Gasteiger partial charge in [-0.3, -0.25) is 5.43 Å². The molecule has 0 fully saturated rings. The topological polar surface area (TPSA) is 56.7 Å². The Morgan fingerprint density at radius 3 is 2.58 bits per heavy atom. The summed E-state index contributed by atoms with van der Waals surface area (Å²) in [5, 5.41) is 17.3. The largest absolute Gasteiger partial charge is 0.507 e. The molecule has 5 heteroatoms. The van der Waals surface area contributed by atoms with Gasteiger partial charge in [0.1, 0.15) is 5.75 Å². The van der Waals surface area contributed by atoms with Crippen molar-refractivity contribution in [1.82, 2.24) is 10.7 Å². The van der Waals surface area contributed by atoms with Gasteiger partial charge in [0.05, 0.1) is 6.21 Å². The third kappa shape index (κ3) is 5.26. The van der Waals surface area contributed by atoms with Crippen molar-refractivity contribution in [3.8, 4) is 5.75 Å². The van der Waals surface area contributed by atoms with Crippen molar-refractivity contribution in [3.63, 3.8) is 0 Å². The second-order valence-corrected chi connectivity index (χ2v) is 4.89. The number of aryl methyl sites for hydroxylation is 2. The van der Waals surface area contributed by atoms with Gasteiger partial charge in [0.25, 0.3) is 0 Å². The van der Waals surface area contributed by atoms with Crippen LogP contribution < -0.4 is 10.7 Å². The van der Waals surface area contributed by atoms with E-state index in [0.717, 1.165) is 36.1 Å². The number of rotatable bonds is 5. The highest BCUT2D eigenvalue weighted by Crippen LogP contribution is 2.21. The zero-order valence-electron chi connectivity index (χ0n) is 11.7. The number of nitrogens with one attached hydrogen (secondary N) is 2. The molecule has 0 aliphatic rings. The fraction of sp³-hybridized carbons (Fsp3) is 0.429. The van der Waals surface area contributed by atoms with Crippen LogP contribution in [0.3, 0.4) is 0 Å². The molecule has 104 valence electrons. The van der Waals surface area contributed by atoms with Gasteiger partial charge in [-0.15, -0.1) is 0 Å². The first-order chi connectivity index (χ1) is 9.04. The Balaban J connectivity index is 2.51. The number of hydrogen-bond acceptors (Lipinski definition) is 3. The molecule has 0 amide bonds. The van der Waals surface area contributed by atoms with Crippen LogP contribution >= 0.6 is 12.2 Å². The van der Waals surface area contributed by atoms with Crippen LogP contribution in [0.5, 0.6) is 5.75 Å². The lowest BCUT2D eigenvalue weighted by Gasteiger charge is -2.06. The molecule has 0 heterocycles. The van der Waals surface area contributed by atoms with Crippen molar-refractivity contribution in [2.24, 2.45) is 5.10 Å². The van der Waals surface area contributed by atoms with Gasteiger partial charge in [-0.2, -0.15) is 5.10 Å². The van der Waals surface area contributed by atoms with Gasteiger partial charge in [-0.25, -0.2) is 0 Å². The lowest BCUT2D eigenvalue weighted by Crippen LogP contribution is -2.32. The second kappa shape index (κ2) is 7.74. The number of nitrogens with zero attached hydrogens (tertiary/aromatic N) is 1. The maximum absolute atomic E-state index is 9.67. The summed E-state index contributed by atoms with van der Waals surface area (Å²) in [6, 6.07) is 3.75. The van der Waals surface area contributed by atoms with Gasteiger partial charge in [0.15, 0.2) is 5.11 Å². The molecule has 0 radical (unpaired) electrons. The van der Waals surface area contributed by atoms with Crippen LogP contribution in [0.1, 0.15) is 36.5 Å². The molecule has 1 rings (SSSR count). The molecule has 0 unspecified atom stereocenters. The third-order valence-corrected chi connectivity index (χ3v) is 2.94. The van der Waals surface area contributed by atoms with Crippen LogP contribution in [0.4, 0.5) is 0 Å². The zero-order chi connectivity index (χ0) is 14.3. The predicted octanol–water partition coefficient (Wildman–Crippen LogP) is 2.61. The summed E-state index contributed by atoms with van der Waals surface area (Å²) in [6.07, 6.45) is 3.90. The molecule has 0 saturated heterocycles. The molecule has 0 saturated carbocycles. The van der Waals surface area contributed by atoms with Crippen LogP contribution in [0, 0.1) is 13.8 Å². The molecule has 3 N–H and O–H groups in total. The normalized spacial score (nSPS) is 10.7. The number of hydrogen-bond donors (Lipinski definition) is 3. The first-order valence-corrected chi connectivity index (χ1v) is 6.82. The van der Waals surface area contributed by atoms with E-state index in [1.54, 1.807) is 6.21 Å². The van der Waals surface area contributed by atoms with E-state index >= 15 is 0 Å². The number of phenolic OH excluding ortho intramolecular Hbond substituents is 1. The highest BCUT2D eigenvalue weighted by Gasteiger charge is 2.01. The Kier molecular flexibility index (Phi) is 6.29. The van der Waals surface area contributed by atoms with E-state index < -0.39 is 0 Å². The minimum Gasteiger partial charge on any atom is -0.507 e. The van der Waals surface area contributed by atoms with Crippen LogP contribution in [-0.2, 0) is 0 Å². The molecule has 0 spiro atoms. The number of unbranched alkanes of at least 4 members (excludes halogenated alkanes) is 1. The summed E-state index contributed by atoms with van der Waals surface area (Å²) in [7, 11) is 0. The van der Waals surface area contributed by atoms with E-state index in [-0.39, 0.29) is 0 Å². The number of hydrazone groups is 1. The third-order valence-electron chi connectivity index (χ3n) is 2.71. The minimum atomic E-state index is 0.335. The Morgan fingerprint density at radius 2 is 2.00 bits per heavy atom. The van der Waals surface area contributed by atoms with Crippen molar-refractivity contribution in [2.75, 3.05) is 6.54 Å². The average Bonchev–Trinajstić information content (AvgIpc) is 2.36. The van der Waals surface area contributed by atoms with E-state index in [1.165, 1.54) is 0 Å². The van der Waals surface area contributed by atoms with E-state index in [0.29, 0.717) is 10.9 Å². The highest BCUT2D eigenvalue weighted by molar-refractivity contribution is 7.80. The molecule has 0 aromatic heterocycles. The molecular weight excluding hydrogens is 258 g/mol. The van der Waals surface area contributed by atoms with Gasteiger partial charge < -0.3 is 10.4 Å². The Labute approximate surface area is 119 Å². The first-order valence-electron chi connectivity index (χ1n) is 6.41. The number of phenols is 1. The van der Waals surface area contributed by atoms with Crippen molar-refractivity contribution in [1.29, 1.82) is 0 Å². The first kappa shape index (κ1) is 15.4. The van der Waals surface area contributed by atoms with Gasteiger partial charge in [-0.05, 0) is 61.3 Å². The van der Waals surface area contributed by atoms with E-state index in [1.807, 2.05) is 26.0 Å². The summed E-state index contributed by atoms with van der Waals surface area (Å²) < 4.78 is 0. The summed E-state index contributed by atoms with van der Waals surface area (Å²) in [5.41, 5.74) is 5.37. The lowest BCUT2D eigenvalue weighted by molar-refractivity contribution is 0.467. The van der Waals surface area contributed by atoms with Gasteiger partial charge >= 0.3 is 0 Å². The van der Waals surface area contributed by atoms with Crippen LogP contribution in [-0.4, -0.2) is 23.0 Å². The standard InChI is InChI=1S/C14H21N3OS/c1-4-5-6-15-14(19)17-16-9-12-7-10(2)13(18)11(3)8-12/h7-9,18H,4-6H2,1-3H3,(H2,15,17,19)/b16-9+. The predicted molar refractivity (Wildman–Crippen MR) is 83.8 cm³/mol. The fourth-order valence-electron chi connectivity index (χ4n) is 1.65. The monoisotopic (exact) mass is 279 g/mol. The van der Waals surface area contributed by atoms with Crippen molar-refractivity contribution < 1.29 is 5.11 Å². The number of aromatic hydroxyl groups is 1. The molecule has 0 aliphatic carbocycles. The highest BCUT2D eigenvalue weighted by atomic mass is 32.1. The van der Waals surface area contributed by atoms with Crippen molar-refractivity contribution in [3.05, 3.63) is 28.8 Å². The molecule has 0 atom stereocenters. The van der Waals surface area contributed by atoms with Crippen LogP contribution in [0.15, 0.2) is 17.2 Å². The maximum Gasteiger partial charge on any atom is 0.186 e. The van der Waals surface area contributed by atoms with E-state index in [4.69, 9.17) is 12.2 Å². The summed E-state index contributed by atoms with van der Waals surface area (Å²) in [4.78, 5) is 0. The average molecular weight is 279 g/mol. The van der Waals surface area contributed by atoms with Gasteiger partial charge in [0, 0.05) is 6.54 Å². The lowest BCUT2D eigenvalue weighted by atomic mass is 10.1. The fourth-order valence-corrected chi connectivity index (χ4v) is 1.80. The molecule has 1 aromatic carbocycles. The number of thiocarbonyl (C=S) groups is 1. The van der Waals surface area contributed by atoms with E-state index in [2.05, 4.69) is 22.8 Å². The molecule has 0 bridgehead atoms. The van der Waals surface area contributed by atoms with Crippen molar-refractivity contribution in [2.45, 2.75) is 33.6 Å². The summed E-state index contributed by atoms with van der Waals surface area (Å²) in [5.74, 6) is 0.335. The van der Waals surface area contributed by atoms with Crippen molar-refractivity contribution >= 4 is 23.5 Å². The SMILES string of the molecule is CCCCNC(=S)N/N=C/c1cc(C)c(O)c(C)c1. The Bertz CT molecular complexity index is 449. The molecular formula is C14H21N3OS. The summed E-state index contributed by atoms with van der Waals surface area (Å²) >= 11 is 5.08. The van der Waals surface area contributed by atoms with Crippen LogP contribution in [0.2, 0.25) is 0 Å². The molecule has 0 aliphatic heterocycles.